The lowest BCUT2D eigenvalue weighted by Gasteiger charge is -2.39. The molecule has 0 aromatic heterocycles. The fraction of sp³-hybridized carbons (Fsp3) is 0.750. The summed E-state index contributed by atoms with van der Waals surface area (Å²) in [5, 5.41) is 11.4. The number of imide groups is 1. The smallest absolute Gasteiger partial charge is 0.322 e. The summed E-state index contributed by atoms with van der Waals surface area (Å²) in [5.74, 6) is -2.66. The Morgan fingerprint density at radius 2 is 1.55 bits per heavy atom. The van der Waals surface area contributed by atoms with Gasteiger partial charge >= 0.3 is 5.97 Å². The number of amides is 6. The van der Waals surface area contributed by atoms with Gasteiger partial charge in [0.1, 0.15) is 13.1 Å². The van der Waals surface area contributed by atoms with Crippen LogP contribution in [0.5, 0.6) is 0 Å². The number of carboxylic acid groups (broad SMARTS) is 1. The van der Waals surface area contributed by atoms with Gasteiger partial charge in [-0.15, -0.1) is 0 Å². The molecule has 326 valence electrons. The molecule has 18 nitrogen and oxygen atoms in total. The van der Waals surface area contributed by atoms with Gasteiger partial charge in [-0.05, 0) is 31.6 Å². The van der Waals surface area contributed by atoms with Crippen molar-refractivity contribution in [1.29, 1.82) is 0 Å². The Hall–Kier alpha value is -4.58. The number of methoxy groups -OCH3 is 2. The van der Waals surface area contributed by atoms with E-state index in [0.717, 1.165) is 19.3 Å². The standard InChI is InChI=1S/C40H66N8O10/c1-9-27(2)37(30(57-7)24-34(52)47-19-13-14-29(47)38(58-8)28(3)39(56)41-26-36(54)55)44(6)35(53)25-42-40(43(4)5)46-22-20-45(21-23-46)31(49)15-11-10-12-18-48-32(50)16-17-33(48)51/h16-17,27-30,37-38H,9-15,18-26H2,1-8H3,(H,41,56)(H,54,55). The SMILES string of the molecule is CCC(C)C(C(CC(=O)N1CCCC1C(OC)C(C)C(=O)NCC(=O)O)OC)N(C)C(=O)CN=C(N(C)C)N1CCN(C(=O)CCCCCN2C(=O)C=CC2=O)CC1. The summed E-state index contributed by atoms with van der Waals surface area (Å²) in [5.41, 5.74) is 0. The van der Waals surface area contributed by atoms with Gasteiger partial charge in [0.05, 0.1) is 36.6 Å². The molecule has 0 aromatic rings. The van der Waals surface area contributed by atoms with Gasteiger partial charge in [-0.1, -0.05) is 33.6 Å². The molecule has 0 aliphatic carbocycles. The van der Waals surface area contributed by atoms with Gasteiger partial charge in [0.15, 0.2) is 5.96 Å². The predicted octanol–water partition coefficient (Wildman–Crippen LogP) is 0.655. The zero-order chi connectivity index (χ0) is 43.1. The molecule has 0 saturated carbocycles. The number of carbonyl (C=O) groups is 7. The molecule has 2 saturated heterocycles. The zero-order valence-corrected chi connectivity index (χ0v) is 35.7. The maximum absolute atomic E-state index is 14.0. The minimum Gasteiger partial charge on any atom is -0.480 e. The summed E-state index contributed by atoms with van der Waals surface area (Å²) < 4.78 is 11.7. The number of likely N-dealkylation sites (N-methyl/N-ethyl adjacent to an activating group) is 1. The molecule has 18 heteroatoms. The molecule has 58 heavy (non-hydrogen) atoms. The Morgan fingerprint density at radius 3 is 2.12 bits per heavy atom. The normalized spacial score (nSPS) is 19.9. The number of carboxylic acids is 1. The lowest BCUT2D eigenvalue weighted by Crippen LogP contribution is -2.54. The third-order valence-electron chi connectivity index (χ3n) is 11.6. The largest absolute Gasteiger partial charge is 0.480 e. The lowest BCUT2D eigenvalue weighted by atomic mass is 9.90. The van der Waals surface area contributed by atoms with E-state index in [0.29, 0.717) is 70.9 Å². The lowest BCUT2D eigenvalue weighted by molar-refractivity contribution is -0.145. The van der Waals surface area contributed by atoms with Crippen molar-refractivity contribution < 1.29 is 48.1 Å². The molecule has 6 atom stereocenters. The third-order valence-corrected chi connectivity index (χ3v) is 11.6. The van der Waals surface area contributed by atoms with Crippen LogP contribution in [0.4, 0.5) is 0 Å². The minimum atomic E-state index is -1.15. The van der Waals surface area contributed by atoms with Gasteiger partial charge in [0, 0.05) is 93.2 Å². The van der Waals surface area contributed by atoms with Crippen molar-refractivity contribution in [3.05, 3.63) is 12.2 Å². The number of aliphatic carboxylic acids is 1. The second-order valence-electron chi connectivity index (χ2n) is 15.6. The van der Waals surface area contributed by atoms with E-state index in [2.05, 4.69) is 10.2 Å². The second kappa shape index (κ2) is 23.1. The summed E-state index contributed by atoms with van der Waals surface area (Å²) in [7, 11) is 8.45. The molecule has 6 unspecified atom stereocenters. The molecule has 2 fully saturated rings. The van der Waals surface area contributed by atoms with Gasteiger partial charge in [0.25, 0.3) is 11.8 Å². The topological polar surface area (TPSA) is 202 Å². The Bertz CT molecular complexity index is 1500. The number of nitrogens with one attached hydrogen (secondary N) is 1. The van der Waals surface area contributed by atoms with E-state index in [1.165, 1.54) is 31.3 Å². The van der Waals surface area contributed by atoms with Crippen molar-refractivity contribution in [2.75, 3.05) is 87.7 Å². The highest BCUT2D eigenvalue weighted by atomic mass is 16.5. The van der Waals surface area contributed by atoms with Crippen LogP contribution in [0.2, 0.25) is 0 Å². The van der Waals surface area contributed by atoms with Gasteiger partial charge in [-0.2, -0.15) is 0 Å². The van der Waals surface area contributed by atoms with Crippen molar-refractivity contribution in [3.8, 4) is 0 Å². The number of aliphatic imine (C=N–C) groups is 1. The first-order valence-corrected chi connectivity index (χ1v) is 20.4. The number of guanidine groups is 1. The maximum Gasteiger partial charge on any atom is 0.322 e. The summed E-state index contributed by atoms with van der Waals surface area (Å²) in [6.07, 6.45) is 5.78. The van der Waals surface area contributed by atoms with Crippen molar-refractivity contribution >= 4 is 47.4 Å². The number of hydrogen-bond acceptors (Lipinski definition) is 10. The van der Waals surface area contributed by atoms with E-state index < -0.39 is 48.6 Å². The van der Waals surface area contributed by atoms with Crippen molar-refractivity contribution in [3.63, 3.8) is 0 Å². The van der Waals surface area contributed by atoms with Gasteiger partial charge in [0.2, 0.25) is 23.6 Å². The number of rotatable bonds is 21. The van der Waals surface area contributed by atoms with Crippen LogP contribution < -0.4 is 5.32 Å². The molecule has 6 amide bonds. The molecule has 0 aromatic carbocycles. The number of nitrogens with zero attached hydrogens (tertiary/aromatic N) is 7. The summed E-state index contributed by atoms with van der Waals surface area (Å²) >= 11 is 0. The quantitative estimate of drug-likeness (QED) is 0.0711. The number of likely N-dealkylation sites (tertiary alicyclic amines) is 1. The van der Waals surface area contributed by atoms with Crippen LogP contribution in [0.3, 0.4) is 0 Å². The van der Waals surface area contributed by atoms with E-state index in [1.54, 1.807) is 23.8 Å². The Balaban J connectivity index is 1.58. The molecule has 3 rings (SSSR count). The fourth-order valence-electron chi connectivity index (χ4n) is 8.11. The molecule has 3 heterocycles. The first kappa shape index (κ1) is 47.8. The van der Waals surface area contributed by atoms with Gasteiger partial charge in [-0.25, -0.2) is 4.99 Å². The predicted molar refractivity (Wildman–Crippen MR) is 215 cm³/mol. The van der Waals surface area contributed by atoms with E-state index in [4.69, 9.17) is 19.6 Å². The number of unbranched alkanes of at least 4 members (excludes halogenated alkanes) is 2. The van der Waals surface area contributed by atoms with Crippen LogP contribution in [0.25, 0.3) is 0 Å². The Morgan fingerprint density at radius 1 is 0.914 bits per heavy atom. The van der Waals surface area contributed by atoms with Crippen LogP contribution in [0.1, 0.15) is 72.1 Å². The average molecular weight is 819 g/mol. The summed E-state index contributed by atoms with van der Waals surface area (Å²) in [6, 6.07) is -0.835. The van der Waals surface area contributed by atoms with Crippen molar-refractivity contribution in [2.45, 2.75) is 96.4 Å². The Kier molecular flexibility index (Phi) is 19.1. The molecule has 3 aliphatic rings. The highest BCUT2D eigenvalue weighted by Crippen LogP contribution is 2.29. The van der Waals surface area contributed by atoms with Crippen molar-refractivity contribution in [1.82, 2.24) is 34.7 Å². The monoisotopic (exact) mass is 818 g/mol. The van der Waals surface area contributed by atoms with Crippen LogP contribution >= 0.6 is 0 Å². The van der Waals surface area contributed by atoms with Crippen molar-refractivity contribution in [2.24, 2.45) is 16.8 Å². The molecular weight excluding hydrogens is 752 g/mol. The second-order valence-corrected chi connectivity index (χ2v) is 15.6. The Labute approximate surface area is 342 Å². The highest BCUT2D eigenvalue weighted by Gasteiger charge is 2.42. The number of ether oxygens (including phenoxy) is 2. The van der Waals surface area contributed by atoms with E-state index in [-0.39, 0.29) is 48.4 Å². The highest BCUT2D eigenvalue weighted by molar-refractivity contribution is 6.12. The van der Waals surface area contributed by atoms with Crippen LogP contribution in [0.15, 0.2) is 17.1 Å². The first-order valence-electron chi connectivity index (χ1n) is 20.4. The van der Waals surface area contributed by atoms with E-state index >= 15 is 0 Å². The third kappa shape index (κ3) is 13.0. The van der Waals surface area contributed by atoms with Gasteiger partial charge < -0.3 is 44.4 Å². The summed E-state index contributed by atoms with van der Waals surface area (Å²) in [6.45, 7) is 8.03. The molecule has 3 aliphatic heterocycles. The van der Waals surface area contributed by atoms with Gasteiger partial charge in [-0.3, -0.25) is 38.5 Å². The van der Waals surface area contributed by atoms with E-state index in [9.17, 15) is 33.6 Å². The number of piperazine rings is 1. The zero-order valence-electron chi connectivity index (χ0n) is 35.7. The summed E-state index contributed by atoms with van der Waals surface area (Å²) in [4.78, 5) is 103. The van der Waals surface area contributed by atoms with Crippen LogP contribution in [-0.4, -0.2) is 194 Å². The molecule has 0 radical (unpaired) electrons. The molecule has 0 spiro atoms. The maximum atomic E-state index is 14.0. The molecule has 2 N–H and O–H groups in total. The van der Waals surface area contributed by atoms with Crippen LogP contribution in [-0.2, 0) is 43.0 Å². The fourth-order valence-corrected chi connectivity index (χ4v) is 8.11. The van der Waals surface area contributed by atoms with E-state index in [1.807, 2.05) is 37.7 Å². The minimum absolute atomic E-state index is 0.00318. The van der Waals surface area contributed by atoms with Crippen LogP contribution in [0, 0.1) is 11.8 Å². The first-order chi connectivity index (χ1) is 27.6. The number of hydrogen-bond donors (Lipinski definition) is 2. The molecule has 0 bridgehead atoms. The average Bonchev–Trinajstić information content (AvgIpc) is 3.82. The number of carbonyl (C=O) groups excluding carboxylic acids is 6. The molecular formula is C40H66N8O10.